The van der Waals surface area contributed by atoms with Crippen molar-refractivity contribution in [3.63, 3.8) is 0 Å². The lowest BCUT2D eigenvalue weighted by atomic mass is 10.2. The van der Waals surface area contributed by atoms with Crippen LogP contribution in [0, 0.1) is 6.92 Å². The highest BCUT2D eigenvalue weighted by atomic mass is 35.5. The summed E-state index contributed by atoms with van der Waals surface area (Å²) in [5.41, 5.74) is 0. The zero-order valence-corrected chi connectivity index (χ0v) is 18.4. The molecule has 0 radical (unpaired) electrons. The quantitative estimate of drug-likeness (QED) is 0.555. The van der Waals surface area contributed by atoms with Gasteiger partial charge >= 0.3 is 0 Å². The van der Waals surface area contributed by atoms with Crippen molar-refractivity contribution in [1.82, 2.24) is 9.62 Å². The van der Waals surface area contributed by atoms with Gasteiger partial charge in [-0.2, -0.15) is 4.72 Å². The average Bonchev–Trinajstić information content (AvgIpc) is 3.32. The van der Waals surface area contributed by atoms with Crippen LogP contribution in [-0.4, -0.2) is 25.3 Å². The first-order valence-electron chi connectivity index (χ1n) is 8.89. The van der Waals surface area contributed by atoms with E-state index in [4.69, 9.17) is 16.0 Å². The molecule has 0 saturated carbocycles. The van der Waals surface area contributed by atoms with Crippen molar-refractivity contribution in [2.45, 2.75) is 37.9 Å². The van der Waals surface area contributed by atoms with E-state index in [1.165, 1.54) is 31.2 Å². The summed E-state index contributed by atoms with van der Waals surface area (Å²) in [7, 11) is -3.86. The lowest BCUT2D eigenvalue weighted by Crippen LogP contribution is -2.46. The number of rotatable bonds is 8. The molecule has 0 aliphatic heterocycles. The number of sulfonamides is 1. The molecule has 1 N–H and O–H groups in total. The van der Waals surface area contributed by atoms with Gasteiger partial charge in [0, 0.05) is 14.8 Å². The van der Waals surface area contributed by atoms with Gasteiger partial charge in [0.25, 0.3) is 0 Å². The van der Waals surface area contributed by atoms with Gasteiger partial charge in [-0.05, 0) is 62.4 Å². The van der Waals surface area contributed by atoms with Gasteiger partial charge < -0.3 is 9.32 Å². The Morgan fingerprint density at radius 3 is 2.48 bits per heavy atom. The minimum atomic E-state index is -3.86. The summed E-state index contributed by atoms with van der Waals surface area (Å²) >= 11 is 7.42. The molecule has 2 heterocycles. The van der Waals surface area contributed by atoms with Crippen LogP contribution in [0.4, 0.5) is 0 Å². The molecule has 0 fully saturated rings. The van der Waals surface area contributed by atoms with Crippen molar-refractivity contribution < 1.29 is 17.6 Å². The first kappa shape index (κ1) is 21.6. The van der Waals surface area contributed by atoms with Gasteiger partial charge in [0.05, 0.1) is 30.3 Å². The number of hydrogen-bond donors (Lipinski definition) is 1. The van der Waals surface area contributed by atoms with Crippen LogP contribution in [-0.2, 0) is 27.9 Å². The molecular weight excluding hydrogens is 432 g/mol. The number of aryl methyl sites for hydroxylation is 1. The van der Waals surface area contributed by atoms with Crippen molar-refractivity contribution in [3.8, 4) is 0 Å². The predicted molar refractivity (Wildman–Crippen MR) is 113 cm³/mol. The fourth-order valence-corrected chi connectivity index (χ4v) is 5.03. The number of thiophene rings is 1. The van der Waals surface area contributed by atoms with Gasteiger partial charge in [0.2, 0.25) is 15.9 Å². The number of carbonyl (C=O) groups is 1. The van der Waals surface area contributed by atoms with Crippen LogP contribution < -0.4 is 4.72 Å². The Kier molecular flexibility index (Phi) is 6.79. The second-order valence-electron chi connectivity index (χ2n) is 6.58. The van der Waals surface area contributed by atoms with Crippen molar-refractivity contribution in [3.05, 3.63) is 75.3 Å². The van der Waals surface area contributed by atoms with Crippen LogP contribution in [0.25, 0.3) is 0 Å². The predicted octanol–water partition coefficient (Wildman–Crippen LogP) is 4.20. The molecule has 1 aromatic carbocycles. The fourth-order valence-electron chi connectivity index (χ4n) is 2.80. The minimum absolute atomic E-state index is 0.0491. The van der Waals surface area contributed by atoms with E-state index in [2.05, 4.69) is 4.72 Å². The zero-order valence-electron chi connectivity index (χ0n) is 16.0. The van der Waals surface area contributed by atoms with E-state index >= 15 is 0 Å². The van der Waals surface area contributed by atoms with Gasteiger partial charge in [-0.25, -0.2) is 8.42 Å². The van der Waals surface area contributed by atoms with Crippen LogP contribution >= 0.6 is 22.9 Å². The zero-order chi connectivity index (χ0) is 21.0. The molecule has 0 saturated heterocycles. The Labute approximate surface area is 179 Å². The first-order chi connectivity index (χ1) is 13.7. The highest BCUT2D eigenvalue weighted by molar-refractivity contribution is 7.89. The molecule has 0 aliphatic carbocycles. The summed E-state index contributed by atoms with van der Waals surface area (Å²) in [6, 6.07) is 12.3. The third-order valence-electron chi connectivity index (χ3n) is 4.21. The smallest absolute Gasteiger partial charge is 0.241 e. The molecule has 0 unspecified atom stereocenters. The molecule has 154 valence electrons. The monoisotopic (exact) mass is 452 g/mol. The number of nitrogens with one attached hydrogen (secondary N) is 1. The molecule has 0 aliphatic rings. The number of nitrogens with zero attached hydrogens (tertiary/aromatic N) is 1. The summed E-state index contributed by atoms with van der Waals surface area (Å²) in [6.45, 7) is 4.14. The van der Waals surface area contributed by atoms with Crippen LogP contribution in [0.2, 0.25) is 5.02 Å². The normalized spacial score (nSPS) is 12.7. The number of amides is 1. The molecule has 1 atom stereocenters. The maximum Gasteiger partial charge on any atom is 0.241 e. The molecule has 29 heavy (non-hydrogen) atoms. The molecular formula is C20H21ClN2O4S2. The SMILES string of the molecule is Cc1ccc(CN(Cc2ccco2)C(=O)[C@H](C)NS(=O)(=O)c2ccc(Cl)cc2)s1. The Bertz CT molecular complexity index is 1060. The molecule has 3 rings (SSSR count). The number of hydrogen-bond acceptors (Lipinski definition) is 5. The number of carbonyl (C=O) groups excluding carboxylic acids is 1. The molecule has 3 aromatic rings. The molecule has 9 heteroatoms. The minimum Gasteiger partial charge on any atom is -0.467 e. The van der Waals surface area contributed by atoms with E-state index in [0.717, 1.165) is 9.75 Å². The average molecular weight is 453 g/mol. The molecule has 0 bridgehead atoms. The van der Waals surface area contributed by atoms with Crippen molar-refractivity contribution in [2.75, 3.05) is 0 Å². The Hall–Kier alpha value is -2.13. The van der Waals surface area contributed by atoms with Crippen molar-refractivity contribution >= 4 is 38.9 Å². The van der Waals surface area contributed by atoms with E-state index in [1.54, 1.807) is 34.6 Å². The van der Waals surface area contributed by atoms with E-state index < -0.39 is 16.1 Å². The van der Waals surface area contributed by atoms with Crippen LogP contribution in [0.15, 0.2) is 64.1 Å². The highest BCUT2D eigenvalue weighted by Crippen LogP contribution is 2.20. The first-order valence-corrected chi connectivity index (χ1v) is 11.6. The topological polar surface area (TPSA) is 79.6 Å². The Morgan fingerprint density at radius 1 is 1.17 bits per heavy atom. The van der Waals surface area contributed by atoms with Gasteiger partial charge in [-0.1, -0.05) is 11.6 Å². The summed E-state index contributed by atoms with van der Waals surface area (Å²) < 4.78 is 33.1. The fraction of sp³-hybridized carbons (Fsp3) is 0.250. The number of furan rings is 1. The third kappa shape index (κ3) is 5.70. The molecule has 2 aromatic heterocycles. The second kappa shape index (κ2) is 9.13. The molecule has 6 nitrogen and oxygen atoms in total. The number of halogens is 1. The number of benzene rings is 1. The van der Waals surface area contributed by atoms with Gasteiger partial charge in [-0.15, -0.1) is 11.3 Å². The van der Waals surface area contributed by atoms with E-state index in [1.807, 2.05) is 19.1 Å². The lowest BCUT2D eigenvalue weighted by molar-refractivity contribution is -0.134. The summed E-state index contributed by atoms with van der Waals surface area (Å²) in [5.74, 6) is 0.282. The van der Waals surface area contributed by atoms with Gasteiger partial charge in [0.1, 0.15) is 5.76 Å². The third-order valence-corrected chi connectivity index (χ3v) is 7.00. The lowest BCUT2D eigenvalue weighted by Gasteiger charge is -2.25. The highest BCUT2D eigenvalue weighted by Gasteiger charge is 2.27. The summed E-state index contributed by atoms with van der Waals surface area (Å²) in [4.78, 5) is 16.9. The maximum atomic E-state index is 13.1. The van der Waals surface area contributed by atoms with Gasteiger partial charge in [0.15, 0.2) is 0 Å². The van der Waals surface area contributed by atoms with Gasteiger partial charge in [-0.3, -0.25) is 4.79 Å². The maximum absolute atomic E-state index is 13.1. The van der Waals surface area contributed by atoms with Crippen LogP contribution in [0.1, 0.15) is 22.4 Å². The van der Waals surface area contributed by atoms with Crippen molar-refractivity contribution in [1.29, 1.82) is 0 Å². The van der Waals surface area contributed by atoms with Crippen molar-refractivity contribution in [2.24, 2.45) is 0 Å². The van der Waals surface area contributed by atoms with E-state index in [0.29, 0.717) is 17.3 Å². The Balaban J connectivity index is 1.77. The van der Waals surface area contributed by atoms with E-state index in [9.17, 15) is 13.2 Å². The van der Waals surface area contributed by atoms with Crippen LogP contribution in [0.3, 0.4) is 0 Å². The molecule has 0 spiro atoms. The summed E-state index contributed by atoms with van der Waals surface area (Å²) in [6.07, 6.45) is 1.54. The largest absolute Gasteiger partial charge is 0.467 e. The standard InChI is InChI=1S/C20H21ClN2O4S2/c1-14-5-8-18(28-14)13-23(12-17-4-3-11-27-17)20(24)15(2)22-29(25,26)19-9-6-16(21)7-10-19/h3-11,15,22H,12-13H2,1-2H3/t15-/m0/s1. The summed E-state index contributed by atoms with van der Waals surface area (Å²) in [5, 5.41) is 0.434. The van der Waals surface area contributed by atoms with E-state index in [-0.39, 0.29) is 17.3 Å². The van der Waals surface area contributed by atoms with Crippen LogP contribution in [0.5, 0.6) is 0 Å². The molecule has 1 amide bonds. The second-order valence-corrected chi connectivity index (χ2v) is 10.1. The Morgan fingerprint density at radius 2 is 1.90 bits per heavy atom.